The minimum Gasteiger partial charge on any atom is -0.478 e. The Kier molecular flexibility index (Phi) is 4.38. The van der Waals surface area contributed by atoms with Crippen molar-refractivity contribution in [2.24, 2.45) is 0 Å². The highest BCUT2D eigenvalue weighted by Crippen LogP contribution is 2.24. The van der Waals surface area contributed by atoms with Crippen LogP contribution in [0.5, 0.6) is 11.5 Å². The minimum atomic E-state index is -0.934. The third-order valence-corrected chi connectivity index (χ3v) is 2.87. The minimum absolute atomic E-state index is 0.283. The van der Waals surface area contributed by atoms with Crippen molar-refractivity contribution in [2.45, 2.75) is 13.5 Å². The van der Waals surface area contributed by atoms with Gasteiger partial charge in [-0.3, -0.25) is 0 Å². The van der Waals surface area contributed by atoms with Crippen LogP contribution in [0, 0.1) is 6.92 Å². The van der Waals surface area contributed by atoms with Crippen molar-refractivity contribution in [1.82, 2.24) is 0 Å². The van der Waals surface area contributed by atoms with Gasteiger partial charge < -0.3 is 14.6 Å². The number of rotatable bonds is 5. The molecule has 0 saturated heterocycles. The second-order valence-electron chi connectivity index (χ2n) is 4.46. The van der Waals surface area contributed by atoms with Gasteiger partial charge in [-0.2, -0.15) is 0 Å². The first-order chi connectivity index (χ1) is 9.60. The summed E-state index contributed by atoms with van der Waals surface area (Å²) in [5.74, 6) is 0.375. The van der Waals surface area contributed by atoms with Gasteiger partial charge in [-0.25, -0.2) is 4.79 Å². The molecule has 0 spiro atoms. The molecule has 4 heteroatoms. The maximum atomic E-state index is 11.0. The van der Waals surface area contributed by atoms with E-state index in [1.807, 2.05) is 24.3 Å². The van der Waals surface area contributed by atoms with E-state index in [1.165, 1.54) is 0 Å². The van der Waals surface area contributed by atoms with E-state index in [-0.39, 0.29) is 5.56 Å². The van der Waals surface area contributed by atoms with E-state index in [0.717, 1.165) is 5.56 Å². The number of hydrogen-bond acceptors (Lipinski definition) is 3. The highest BCUT2D eigenvalue weighted by molar-refractivity contribution is 5.89. The maximum Gasteiger partial charge on any atom is 0.335 e. The Morgan fingerprint density at radius 2 is 1.90 bits per heavy atom. The maximum absolute atomic E-state index is 11.0. The first kappa shape index (κ1) is 14.1. The third kappa shape index (κ3) is 3.36. The molecule has 104 valence electrons. The number of carboxylic acids is 1. The molecule has 20 heavy (non-hydrogen) atoms. The van der Waals surface area contributed by atoms with Crippen LogP contribution in [0.15, 0.2) is 42.5 Å². The number of aryl methyl sites for hydroxylation is 1. The monoisotopic (exact) mass is 272 g/mol. The van der Waals surface area contributed by atoms with Crippen molar-refractivity contribution in [1.29, 1.82) is 0 Å². The number of carbonyl (C=O) groups is 1. The summed E-state index contributed by atoms with van der Waals surface area (Å²) in [7, 11) is 1.64. The summed E-state index contributed by atoms with van der Waals surface area (Å²) >= 11 is 0. The number of hydrogen-bond donors (Lipinski definition) is 1. The molecule has 2 aromatic rings. The van der Waals surface area contributed by atoms with Gasteiger partial charge in [-0.15, -0.1) is 0 Å². The van der Waals surface area contributed by atoms with E-state index in [4.69, 9.17) is 14.6 Å². The lowest BCUT2D eigenvalue weighted by atomic mass is 10.1. The Balaban J connectivity index is 2.19. The molecule has 0 aliphatic rings. The lowest BCUT2D eigenvalue weighted by Gasteiger charge is -2.09. The van der Waals surface area contributed by atoms with Crippen molar-refractivity contribution < 1.29 is 19.4 Å². The van der Waals surface area contributed by atoms with Gasteiger partial charge >= 0.3 is 5.97 Å². The van der Waals surface area contributed by atoms with Gasteiger partial charge in [0, 0.05) is 7.11 Å². The second-order valence-corrected chi connectivity index (χ2v) is 4.46. The molecule has 0 saturated carbocycles. The van der Waals surface area contributed by atoms with Crippen molar-refractivity contribution in [3.05, 3.63) is 59.2 Å². The molecule has 0 aliphatic heterocycles. The number of aromatic carboxylic acids is 1. The zero-order valence-electron chi connectivity index (χ0n) is 11.4. The highest BCUT2D eigenvalue weighted by Gasteiger charge is 2.08. The first-order valence-corrected chi connectivity index (χ1v) is 6.20. The van der Waals surface area contributed by atoms with Gasteiger partial charge in [0.25, 0.3) is 0 Å². The van der Waals surface area contributed by atoms with E-state index < -0.39 is 5.97 Å². The summed E-state index contributed by atoms with van der Waals surface area (Å²) in [6, 6.07) is 12.5. The fourth-order valence-electron chi connectivity index (χ4n) is 1.94. The van der Waals surface area contributed by atoms with Gasteiger partial charge in [0.15, 0.2) is 0 Å². The summed E-state index contributed by atoms with van der Waals surface area (Å²) in [6.07, 6.45) is 0. The summed E-state index contributed by atoms with van der Waals surface area (Å²) in [5.41, 5.74) is 1.97. The number of benzene rings is 2. The quantitative estimate of drug-likeness (QED) is 0.903. The molecule has 2 aromatic carbocycles. The number of ether oxygens (including phenoxy) is 2. The van der Waals surface area contributed by atoms with Crippen LogP contribution in [0.3, 0.4) is 0 Å². The van der Waals surface area contributed by atoms with E-state index >= 15 is 0 Å². The fourth-order valence-corrected chi connectivity index (χ4v) is 1.94. The molecule has 4 nitrogen and oxygen atoms in total. The Hall–Kier alpha value is -2.33. The van der Waals surface area contributed by atoms with E-state index in [1.54, 1.807) is 32.2 Å². The molecular formula is C16H16O4. The summed E-state index contributed by atoms with van der Waals surface area (Å²) in [4.78, 5) is 11.0. The van der Waals surface area contributed by atoms with Crippen molar-refractivity contribution in [3.8, 4) is 11.5 Å². The van der Waals surface area contributed by atoms with E-state index in [0.29, 0.717) is 23.7 Å². The van der Waals surface area contributed by atoms with Crippen LogP contribution < -0.4 is 4.74 Å². The van der Waals surface area contributed by atoms with Crippen LogP contribution in [-0.4, -0.2) is 18.2 Å². The Morgan fingerprint density at radius 1 is 1.15 bits per heavy atom. The van der Waals surface area contributed by atoms with Crippen LogP contribution in [0.1, 0.15) is 21.5 Å². The number of methoxy groups -OCH3 is 1. The van der Waals surface area contributed by atoms with Crippen LogP contribution >= 0.6 is 0 Å². The van der Waals surface area contributed by atoms with Crippen LogP contribution in [0.4, 0.5) is 0 Å². The van der Waals surface area contributed by atoms with E-state index in [2.05, 4.69) is 0 Å². The zero-order chi connectivity index (χ0) is 14.5. The van der Waals surface area contributed by atoms with Gasteiger partial charge in [-0.05, 0) is 48.4 Å². The average molecular weight is 272 g/mol. The summed E-state index contributed by atoms with van der Waals surface area (Å²) in [6.45, 7) is 2.27. The third-order valence-electron chi connectivity index (χ3n) is 2.87. The molecule has 1 N–H and O–H groups in total. The van der Waals surface area contributed by atoms with Gasteiger partial charge in [0.1, 0.15) is 11.5 Å². The lowest BCUT2D eigenvalue weighted by Crippen LogP contribution is -1.99. The summed E-state index contributed by atoms with van der Waals surface area (Å²) < 4.78 is 10.8. The molecule has 2 rings (SSSR count). The lowest BCUT2D eigenvalue weighted by molar-refractivity contribution is 0.0696. The highest BCUT2D eigenvalue weighted by atomic mass is 16.5. The number of carboxylic acid groups (broad SMARTS) is 1. The Morgan fingerprint density at radius 3 is 2.55 bits per heavy atom. The van der Waals surface area contributed by atoms with Crippen LogP contribution in [0.25, 0.3) is 0 Å². The Labute approximate surface area is 117 Å². The molecule has 0 unspecified atom stereocenters. The molecule has 0 aliphatic carbocycles. The average Bonchev–Trinajstić information content (AvgIpc) is 2.39. The largest absolute Gasteiger partial charge is 0.478 e. The molecule has 0 bridgehead atoms. The van der Waals surface area contributed by atoms with Crippen LogP contribution in [0.2, 0.25) is 0 Å². The first-order valence-electron chi connectivity index (χ1n) is 6.20. The molecule has 0 radical (unpaired) electrons. The second kappa shape index (κ2) is 6.21. The smallest absolute Gasteiger partial charge is 0.335 e. The molecule has 0 aromatic heterocycles. The Bertz CT molecular complexity index is 620. The topological polar surface area (TPSA) is 55.8 Å². The fraction of sp³-hybridized carbons (Fsp3) is 0.188. The predicted molar refractivity (Wildman–Crippen MR) is 75.4 cm³/mol. The van der Waals surface area contributed by atoms with E-state index in [9.17, 15) is 4.79 Å². The van der Waals surface area contributed by atoms with Crippen molar-refractivity contribution in [3.63, 3.8) is 0 Å². The zero-order valence-corrected chi connectivity index (χ0v) is 11.4. The van der Waals surface area contributed by atoms with Gasteiger partial charge in [0.05, 0.1) is 12.2 Å². The standard InChI is InChI=1S/C16H16O4/c1-11-8-14(6-7-15(11)16(17)18)20-13-5-3-4-12(9-13)10-19-2/h3-9H,10H2,1-2H3,(H,17,18). The SMILES string of the molecule is COCc1cccc(Oc2ccc(C(=O)O)c(C)c2)c1. The molecule has 0 fully saturated rings. The van der Waals surface area contributed by atoms with Gasteiger partial charge in [-0.1, -0.05) is 12.1 Å². The normalized spacial score (nSPS) is 10.3. The predicted octanol–water partition coefficient (Wildman–Crippen LogP) is 3.63. The molecular weight excluding hydrogens is 256 g/mol. The molecule has 0 atom stereocenters. The van der Waals surface area contributed by atoms with Crippen LogP contribution in [-0.2, 0) is 11.3 Å². The molecule has 0 amide bonds. The van der Waals surface area contributed by atoms with Crippen molar-refractivity contribution >= 4 is 5.97 Å². The van der Waals surface area contributed by atoms with Crippen molar-refractivity contribution in [2.75, 3.05) is 7.11 Å². The molecule has 0 heterocycles. The van der Waals surface area contributed by atoms with Gasteiger partial charge in [0.2, 0.25) is 0 Å². The summed E-state index contributed by atoms with van der Waals surface area (Å²) in [5, 5.41) is 8.99.